The summed E-state index contributed by atoms with van der Waals surface area (Å²) in [6, 6.07) is 7.66. The highest BCUT2D eigenvalue weighted by molar-refractivity contribution is 7.91. The number of rotatable bonds is 2. The molecule has 1 amide bonds. The summed E-state index contributed by atoms with van der Waals surface area (Å²) in [5.41, 5.74) is 1.74. The van der Waals surface area contributed by atoms with E-state index in [2.05, 4.69) is 4.90 Å². The molecule has 3 aliphatic rings. The van der Waals surface area contributed by atoms with Crippen molar-refractivity contribution in [3.63, 3.8) is 0 Å². The molecule has 2 unspecified atom stereocenters. The van der Waals surface area contributed by atoms with E-state index in [9.17, 15) is 13.2 Å². The minimum Gasteiger partial charge on any atom is -0.371 e. The number of fused-ring (bicyclic) bond motifs is 2. The Morgan fingerprint density at radius 2 is 1.58 bits per heavy atom. The average molecular weight is 350 g/mol. The number of nitrogens with zero attached hydrogens (tertiary/aromatic N) is 2. The number of hydrogen-bond acceptors (Lipinski definition) is 5. The fourth-order valence-electron chi connectivity index (χ4n) is 3.74. The number of anilines is 1. The third-order valence-electron chi connectivity index (χ3n) is 5.15. The molecular formula is C17H22N2O4S. The summed E-state index contributed by atoms with van der Waals surface area (Å²) in [4.78, 5) is 16.5. The van der Waals surface area contributed by atoms with Crippen LogP contribution in [0.5, 0.6) is 0 Å². The van der Waals surface area contributed by atoms with E-state index in [-0.39, 0.29) is 30.5 Å². The first-order valence-electron chi connectivity index (χ1n) is 8.50. The number of hydrogen-bond donors (Lipinski definition) is 0. The quantitative estimate of drug-likeness (QED) is 0.794. The van der Waals surface area contributed by atoms with Gasteiger partial charge in [-0.25, -0.2) is 8.42 Å². The molecule has 0 saturated carbocycles. The van der Waals surface area contributed by atoms with Crippen LogP contribution >= 0.6 is 0 Å². The van der Waals surface area contributed by atoms with Crippen LogP contribution < -0.4 is 4.90 Å². The highest BCUT2D eigenvalue weighted by atomic mass is 32.2. The zero-order valence-electron chi connectivity index (χ0n) is 13.6. The van der Waals surface area contributed by atoms with Gasteiger partial charge in [0.15, 0.2) is 9.84 Å². The molecule has 3 fully saturated rings. The summed E-state index contributed by atoms with van der Waals surface area (Å²) >= 11 is 0. The summed E-state index contributed by atoms with van der Waals surface area (Å²) < 4.78 is 28.8. The molecule has 1 aromatic rings. The first kappa shape index (κ1) is 15.9. The second-order valence-electron chi connectivity index (χ2n) is 6.85. The Balaban J connectivity index is 1.43. The first-order chi connectivity index (χ1) is 11.5. The predicted octanol–water partition coefficient (Wildman–Crippen LogP) is 0.925. The fraction of sp³-hybridized carbons (Fsp3) is 0.588. The number of carbonyl (C=O) groups is 1. The van der Waals surface area contributed by atoms with Crippen LogP contribution in [0.25, 0.3) is 0 Å². The van der Waals surface area contributed by atoms with Crippen molar-refractivity contribution in [1.82, 2.24) is 4.90 Å². The molecule has 130 valence electrons. The Bertz CT molecular complexity index is 705. The van der Waals surface area contributed by atoms with Gasteiger partial charge in [-0.2, -0.15) is 0 Å². The minimum atomic E-state index is -2.97. The monoisotopic (exact) mass is 350 g/mol. The fourth-order valence-corrected chi connectivity index (χ4v) is 4.94. The summed E-state index contributed by atoms with van der Waals surface area (Å²) in [5, 5.41) is 0. The summed E-state index contributed by atoms with van der Waals surface area (Å²) in [6.45, 7) is 2.40. The molecule has 3 aliphatic heterocycles. The summed E-state index contributed by atoms with van der Waals surface area (Å²) in [6.07, 6.45) is 2.94. The minimum absolute atomic E-state index is 0.0629. The summed E-state index contributed by atoms with van der Waals surface area (Å²) in [7, 11) is -2.97. The van der Waals surface area contributed by atoms with E-state index in [1.54, 1.807) is 4.90 Å². The lowest BCUT2D eigenvalue weighted by atomic mass is 10.1. The van der Waals surface area contributed by atoms with Crippen LogP contribution in [-0.2, 0) is 14.6 Å². The zero-order valence-corrected chi connectivity index (χ0v) is 14.4. The molecule has 0 aliphatic carbocycles. The largest absolute Gasteiger partial charge is 0.371 e. The lowest BCUT2D eigenvalue weighted by molar-refractivity contribution is 0.0305. The van der Waals surface area contributed by atoms with Crippen LogP contribution in [0.3, 0.4) is 0 Å². The van der Waals surface area contributed by atoms with Crippen molar-refractivity contribution in [2.45, 2.75) is 25.0 Å². The molecule has 0 radical (unpaired) electrons. The number of sulfone groups is 1. The Morgan fingerprint density at radius 3 is 2.17 bits per heavy atom. The van der Waals surface area contributed by atoms with Crippen LogP contribution in [0.15, 0.2) is 24.3 Å². The Hall–Kier alpha value is -1.60. The predicted molar refractivity (Wildman–Crippen MR) is 91.1 cm³/mol. The number of carbonyl (C=O) groups excluding carboxylic acids is 1. The van der Waals surface area contributed by atoms with Gasteiger partial charge in [-0.15, -0.1) is 0 Å². The van der Waals surface area contributed by atoms with E-state index in [1.165, 1.54) is 0 Å². The molecular weight excluding hydrogens is 328 g/mol. The van der Waals surface area contributed by atoms with Gasteiger partial charge in [0.05, 0.1) is 23.7 Å². The smallest absolute Gasteiger partial charge is 0.253 e. The lowest BCUT2D eigenvalue weighted by Crippen LogP contribution is -2.44. The molecule has 4 rings (SSSR count). The van der Waals surface area contributed by atoms with Crippen LogP contribution in [-0.4, -0.2) is 69.1 Å². The van der Waals surface area contributed by atoms with Crippen LogP contribution in [0.4, 0.5) is 5.69 Å². The second kappa shape index (κ2) is 6.04. The van der Waals surface area contributed by atoms with E-state index >= 15 is 0 Å². The second-order valence-corrected chi connectivity index (χ2v) is 9.16. The molecule has 6 nitrogen and oxygen atoms in total. The van der Waals surface area contributed by atoms with Crippen molar-refractivity contribution < 1.29 is 17.9 Å². The number of morpholine rings is 1. The van der Waals surface area contributed by atoms with Crippen LogP contribution in [0.1, 0.15) is 23.2 Å². The zero-order chi connectivity index (χ0) is 16.7. The topological polar surface area (TPSA) is 66.9 Å². The molecule has 0 aromatic heterocycles. The maximum Gasteiger partial charge on any atom is 0.253 e. The molecule has 3 heterocycles. The molecule has 2 bridgehead atoms. The van der Waals surface area contributed by atoms with E-state index < -0.39 is 9.84 Å². The molecule has 2 atom stereocenters. The third-order valence-corrected chi connectivity index (χ3v) is 6.76. The van der Waals surface area contributed by atoms with Crippen molar-refractivity contribution in [3.05, 3.63) is 29.8 Å². The SMILES string of the molecule is O=C(c1ccc(N2CC3CCC(C2)O3)cc1)N1CCS(=O)(=O)CC1. The average Bonchev–Trinajstić information content (AvgIpc) is 2.92. The van der Waals surface area contributed by atoms with Gasteiger partial charge in [-0.05, 0) is 37.1 Å². The number of ether oxygens (including phenoxy) is 1. The van der Waals surface area contributed by atoms with Gasteiger partial charge in [0.25, 0.3) is 5.91 Å². The van der Waals surface area contributed by atoms with Crippen molar-refractivity contribution in [3.8, 4) is 0 Å². The van der Waals surface area contributed by atoms with Gasteiger partial charge in [0, 0.05) is 37.4 Å². The van der Waals surface area contributed by atoms with Gasteiger partial charge in [0.1, 0.15) is 0 Å². The molecule has 0 spiro atoms. The highest BCUT2D eigenvalue weighted by Gasteiger charge is 2.33. The van der Waals surface area contributed by atoms with E-state index in [1.807, 2.05) is 24.3 Å². The Morgan fingerprint density at radius 1 is 1.00 bits per heavy atom. The maximum absolute atomic E-state index is 12.5. The van der Waals surface area contributed by atoms with Crippen molar-refractivity contribution in [1.29, 1.82) is 0 Å². The molecule has 24 heavy (non-hydrogen) atoms. The number of benzene rings is 1. The van der Waals surface area contributed by atoms with E-state index in [0.29, 0.717) is 17.8 Å². The van der Waals surface area contributed by atoms with Gasteiger partial charge in [-0.3, -0.25) is 4.79 Å². The van der Waals surface area contributed by atoms with Crippen molar-refractivity contribution >= 4 is 21.4 Å². The maximum atomic E-state index is 12.5. The van der Waals surface area contributed by atoms with Gasteiger partial charge >= 0.3 is 0 Å². The Kier molecular flexibility index (Phi) is 4.00. The van der Waals surface area contributed by atoms with Gasteiger partial charge in [0.2, 0.25) is 0 Å². The van der Waals surface area contributed by atoms with E-state index in [4.69, 9.17) is 4.74 Å². The third kappa shape index (κ3) is 3.15. The highest BCUT2D eigenvalue weighted by Crippen LogP contribution is 2.29. The van der Waals surface area contributed by atoms with Crippen LogP contribution in [0.2, 0.25) is 0 Å². The molecule has 3 saturated heterocycles. The molecule has 7 heteroatoms. The van der Waals surface area contributed by atoms with Crippen LogP contribution in [0, 0.1) is 0 Å². The van der Waals surface area contributed by atoms with Gasteiger partial charge in [-0.1, -0.05) is 0 Å². The van der Waals surface area contributed by atoms with Gasteiger partial charge < -0.3 is 14.5 Å². The first-order valence-corrected chi connectivity index (χ1v) is 10.3. The molecule has 0 N–H and O–H groups in total. The number of amides is 1. The van der Waals surface area contributed by atoms with Crippen molar-refractivity contribution in [2.24, 2.45) is 0 Å². The van der Waals surface area contributed by atoms with Crippen molar-refractivity contribution in [2.75, 3.05) is 42.6 Å². The van der Waals surface area contributed by atoms with E-state index in [0.717, 1.165) is 31.6 Å². The molecule has 1 aromatic carbocycles. The summed E-state index contributed by atoms with van der Waals surface area (Å²) in [5.74, 6) is 0.0410. The standard InChI is InChI=1S/C17H22N2O4S/c20-17(18-7-9-24(21,22)10-8-18)13-1-3-14(4-2-13)19-11-15-5-6-16(12-19)23-15/h1-4,15-16H,5-12H2. The lowest BCUT2D eigenvalue weighted by Gasteiger charge is -2.34. The normalized spacial score (nSPS) is 28.8. The Labute approximate surface area is 142 Å².